The van der Waals surface area contributed by atoms with Crippen molar-refractivity contribution in [3.05, 3.63) is 132 Å². The van der Waals surface area contributed by atoms with Gasteiger partial charge in [0.2, 0.25) is 0 Å². The summed E-state index contributed by atoms with van der Waals surface area (Å²) in [6.07, 6.45) is 0. The first-order valence-electron chi connectivity index (χ1n) is 11.2. The average molecular weight is 441 g/mol. The Hall–Kier alpha value is -3.87. The summed E-state index contributed by atoms with van der Waals surface area (Å²) in [7, 11) is 0. The SMILES string of the molecule is Clc1cccc2c(-c3c(-c4ccccc4)ccc4cccc(-c5ccccc5)c34)cccc12. The molecule has 1 heteroatoms. The van der Waals surface area contributed by atoms with Crippen LogP contribution in [0.4, 0.5) is 0 Å². The molecular formula is C32H21Cl. The van der Waals surface area contributed by atoms with E-state index < -0.39 is 0 Å². The maximum absolute atomic E-state index is 6.62. The Kier molecular flexibility index (Phi) is 4.94. The van der Waals surface area contributed by atoms with Gasteiger partial charge in [-0.15, -0.1) is 0 Å². The molecule has 0 aliphatic rings. The quantitative estimate of drug-likeness (QED) is 0.257. The van der Waals surface area contributed by atoms with Crippen LogP contribution in [0.25, 0.3) is 54.9 Å². The van der Waals surface area contributed by atoms with Gasteiger partial charge in [-0.25, -0.2) is 0 Å². The van der Waals surface area contributed by atoms with Crippen molar-refractivity contribution in [3.63, 3.8) is 0 Å². The Morgan fingerprint density at radius 2 is 1.00 bits per heavy atom. The van der Waals surface area contributed by atoms with Crippen LogP contribution >= 0.6 is 11.6 Å². The van der Waals surface area contributed by atoms with Crippen molar-refractivity contribution >= 4 is 33.1 Å². The first-order valence-corrected chi connectivity index (χ1v) is 11.5. The molecule has 0 unspecified atom stereocenters. The minimum absolute atomic E-state index is 0.777. The van der Waals surface area contributed by atoms with Crippen molar-refractivity contribution in [1.29, 1.82) is 0 Å². The van der Waals surface area contributed by atoms with Gasteiger partial charge in [-0.05, 0) is 55.6 Å². The van der Waals surface area contributed by atoms with Gasteiger partial charge in [0, 0.05) is 10.4 Å². The van der Waals surface area contributed by atoms with Crippen molar-refractivity contribution in [2.24, 2.45) is 0 Å². The van der Waals surface area contributed by atoms with Crippen LogP contribution in [0, 0.1) is 0 Å². The number of hydrogen-bond acceptors (Lipinski definition) is 0. The third kappa shape index (κ3) is 3.40. The summed E-state index contributed by atoms with van der Waals surface area (Å²) in [5.41, 5.74) is 7.32. The van der Waals surface area contributed by atoms with Gasteiger partial charge in [0.25, 0.3) is 0 Å². The third-order valence-electron chi connectivity index (χ3n) is 6.35. The minimum Gasteiger partial charge on any atom is -0.0837 e. The van der Waals surface area contributed by atoms with E-state index in [1.54, 1.807) is 0 Å². The number of benzene rings is 6. The summed E-state index contributed by atoms with van der Waals surface area (Å²) >= 11 is 6.62. The number of fused-ring (bicyclic) bond motifs is 2. The molecule has 0 amide bonds. The zero-order chi connectivity index (χ0) is 22.2. The van der Waals surface area contributed by atoms with E-state index in [1.807, 2.05) is 12.1 Å². The van der Waals surface area contributed by atoms with Crippen LogP contribution in [0.15, 0.2) is 127 Å². The maximum Gasteiger partial charge on any atom is 0.0484 e. The molecule has 0 saturated carbocycles. The van der Waals surface area contributed by atoms with Crippen LogP contribution in [-0.4, -0.2) is 0 Å². The zero-order valence-corrected chi connectivity index (χ0v) is 18.8. The van der Waals surface area contributed by atoms with Crippen LogP contribution in [-0.2, 0) is 0 Å². The van der Waals surface area contributed by atoms with Crippen LogP contribution in [0.1, 0.15) is 0 Å². The van der Waals surface area contributed by atoms with Crippen molar-refractivity contribution in [2.75, 3.05) is 0 Å². The highest BCUT2D eigenvalue weighted by Gasteiger charge is 2.17. The van der Waals surface area contributed by atoms with Crippen LogP contribution in [0.5, 0.6) is 0 Å². The molecule has 33 heavy (non-hydrogen) atoms. The molecule has 0 nitrogen and oxygen atoms in total. The van der Waals surface area contributed by atoms with E-state index in [0.29, 0.717) is 0 Å². The second-order valence-electron chi connectivity index (χ2n) is 8.26. The third-order valence-corrected chi connectivity index (χ3v) is 6.68. The van der Waals surface area contributed by atoms with Gasteiger partial charge < -0.3 is 0 Å². The summed E-state index contributed by atoms with van der Waals surface area (Å²) in [5.74, 6) is 0. The summed E-state index contributed by atoms with van der Waals surface area (Å²) in [6.45, 7) is 0. The van der Waals surface area contributed by atoms with E-state index in [2.05, 4.69) is 115 Å². The predicted octanol–water partition coefficient (Wildman–Crippen LogP) is 9.65. The van der Waals surface area contributed by atoms with Gasteiger partial charge in [-0.2, -0.15) is 0 Å². The maximum atomic E-state index is 6.62. The van der Waals surface area contributed by atoms with E-state index in [4.69, 9.17) is 11.6 Å². The lowest BCUT2D eigenvalue weighted by Gasteiger charge is -2.19. The van der Waals surface area contributed by atoms with Gasteiger partial charge in [-0.1, -0.05) is 133 Å². The fraction of sp³-hybridized carbons (Fsp3) is 0. The highest BCUT2D eigenvalue weighted by Crippen LogP contribution is 2.45. The van der Waals surface area contributed by atoms with Gasteiger partial charge in [-0.3, -0.25) is 0 Å². The minimum atomic E-state index is 0.777. The molecule has 6 aromatic rings. The normalized spacial score (nSPS) is 11.2. The second-order valence-corrected chi connectivity index (χ2v) is 8.67. The van der Waals surface area contributed by atoms with E-state index in [0.717, 1.165) is 15.8 Å². The van der Waals surface area contributed by atoms with Crippen LogP contribution < -0.4 is 0 Å². The van der Waals surface area contributed by atoms with Gasteiger partial charge in [0.05, 0.1) is 0 Å². The molecule has 0 aliphatic carbocycles. The molecule has 0 atom stereocenters. The molecule has 0 N–H and O–H groups in total. The summed E-state index contributed by atoms with van der Waals surface area (Å²) in [6, 6.07) is 45.0. The molecule has 6 aromatic carbocycles. The number of hydrogen-bond donors (Lipinski definition) is 0. The molecule has 156 valence electrons. The van der Waals surface area contributed by atoms with Crippen LogP contribution in [0.3, 0.4) is 0 Å². The van der Waals surface area contributed by atoms with Gasteiger partial charge >= 0.3 is 0 Å². The van der Waals surface area contributed by atoms with Gasteiger partial charge in [0.1, 0.15) is 0 Å². The second kappa shape index (κ2) is 8.24. The largest absolute Gasteiger partial charge is 0.0837 e. The molecule has 0 bridgehead atoms. The van der Waals surface area contributed by atoms with E-state index in [1.165, 1.54) is 44.2 Å². The summed E-state index contributed by atoms with van der Waals surface area (Å²) in [5, 5.41) is 5.50. The van der Waals surface area contributed by atoms with E-state index in [9.17, 15) is 0 Å². The Labute approximate surface area is 198 Å². The zero-order valence-electron chi connectivity index (χ0n) is 18.0. The lowest BCUT2D eigenvalue weighted by Crippen LogP contribution is -1.92. The number of halogens is 1. The first-order chi connectivity index (χ1) is 16.3. The summed E-state index contributed by atoms with van der Waals surface area (Å²) in [4.78, 5) is 0. The molecular weight excluding hydrogens is 420 g/mol. The van der Waals surface area contributed by atoms with Crippen molar-refractivity contribution in [3.8, 4) is 33.4 Å². The molecule has 0 aromatic heterocycles. The van der Waals surface area contributed by atoms with E-state index >= 15 is 0 Å². The Morgan fingerprint density at radius 1 is 0.394 bits per heavy atom. The Morgan fingerprint density at radius 3 is 1.76 bits per heavy atom. The molecule has 0 fully saturated rings. The molecule has 6 rings (SSSR count). The Bertz CT molecular complexity index is 1600. The first kappa shape index (κ1) is 19.8. The monoisotopic (exact) mass is 440 g/mol. The molecule has 0 radical (unpaired) electrons. The highest BCUT2D eigenvalue weighted by molar-refractivity contribution is 6.36. The highest BCUT2D eigenvalue weighted by atomic mass is 35.5. The van der Waals surface area contributed by atoms with Crippen LogP contribution in [0.2, 0.25) is 5.02 Å². The van der Waals surface area contributed by atoms with Crippen molar-refractivity contribution in [2.45, 2.75) is 0 Å². The van der Waals surface area contributed by atoms with Gasteiger partial charge in [0.15, 0.2) is 0 Å². The van der Waals surface area contributed by atoms with E-state index in [-0.39, 0.29) is 0 Å². The lowest BCUT2D eigenvalue weighted by atomic mass is 9.84. The lowest BCUT2D eigenvalue weighted by molar-refractivity contribution is 1.61. The average Bonchev–Trinajstić information content (AvgIpc) is 2.89. The fourth-order valence-corrected chi connectivity index (χ4v) is 5.10. The summed E-state index contributed by atoms with van der Waals surface area (Å²) < 4.78 is 0. The standard InChI is InChI=1S/C32H21Cl/c33-30-19-9-16-27-28(30)17-8-18-29(27)32-26(23-12-5-2-6-13-23)21-20-24-14-7-15-25(31(24)32)22-10-3-1-4-11-22/h1-21H. The van der Waals surface area contributed by atoms with Crippen molar-refractivity contribution in [1.82, 2.24) is 0 Å². The molecule has 0 heterocycles. The fourth-order valence-electron chi connectivity index (χ4n) is 4.87. The predicted molar refractivity (Wildman–Crippen MR) is 143 cm³/mol. The van der Waals surface area contributed by atoms with Crippen molar-refractivity contribution < 1.29 is 0 Å². The topological polar surface area (TPSA) is 0 Å². The molecule has 0 spiro atoms. The smallest absolute Gasteiger partial charge is 0.0484 e. The molecule has 0 saturated heterocycles. The molecule has 0 aliphatic heterocycles. The Balaban J connectivity index is 1.81. The number of rotatable bonds is 3.